The maximum atomic E-state index is 6.04. The Morgan fingerprint density at radius 1 is 1.11 bits per heavy atom. The first kappa shape index (κ1) is 22.4. The molecule has 6 rings (SSSR count). The molecule has 0 aliphatic carbocycles. The highest BCUT2D eigenvalue weighted by Crippen LogP contribution is 2.27. The van der Waals surface area contributed by atoms with E-state index in [0.717, 1.165) is 59.0 Å². The first-order valence-electron chi connectivity index (χ1n) is 12.0. The minimum absolute atomic E-state index is 0.302. The van der Waals surface area contributed by atoms with Gasteiger partial charge in [0.2, 0.25) is 12.1 Å². The Balaban J connectivity index is 1.33. The number of hydrogen-bond acceptors (Lipinski definition) is 7. The molecule has 0 saturated carbocycles. The van der Waals surface area contributed by atoms with E-state index in [4.69, 9.17) is 24.2 Å². The predicted molar refractivity (Wildman–Crippen MR) is 134 cm³/mol. The molecule has 1 N–H and O–H groups in total. The molecule has 0 amide bonds. The summed E-state index contributed by atoms with van der Waals surface area (Å²) >= 11 is 0. The molecule has 0 radical (unpaired) electrons. The van der Waals surface area contributed by atoms with Crippen LogP contribution in [-0.4, -0.2) is 64.5 Å². The number of aromatic nitrogens is 6. The van der Waals surface area contributed by atoms with Crippen molar-refractivity contribution < 1.29 is 18.9 Å². The van der Waals surface area contributed by atoms with Crippen molar-refractivity contribution in [3.05, 3.63) is 66.9 Å². The Hall–Kier alpha value is -4.02. The van der Waals surface area contributed by atoms with Gasteiger partial charge in [-0.2, -0.15) is 5.10 Å². The second kappa shape index (κ2) is 9.92. The van der Waals surface area contributed by atoms with Gasteiger partial charge < -0.3 is 19.1 Å². The summed E-state index contributed by atoms with van der Waals surface area (Å²) in [6, 6.07) is 11.9. The first-order chi connectivity index (χ1) is 17.8. The number of methoxy groups -OCH3 is 1. The molecule has 1 saturated heterocycles. The van der Waals surface area contributed by atoms with Crippen LogP contribution in [-0.2, 0) is 22.6 Å². The van der Waals surface area contributed by atoms with Gasteiger partial charge in [-0.1, -0.05) is 18.2 Å². The minimum Gasteiger partial charge on any atom is -0.471 e. The fourth-order valence-corrected chi connectivity index (χ4v) is 4.42. The van der Waals surface area contributed by atoms with Crippen LogP contribution in [0.15, 0.2) is 61.2 Å². The lowest BCUT2D eigenvalue weighted by atomic mass is 10.2. The second-order valence-electron chi connectivity index (χ2n) is 8.67. The largest absolute Gasteiger partial charge is 0.471 e. The number of H-pyrrole nitrogens is 1. The van der Waals surface area contributed by atoms with Gasteiger partial charge >= 0.3 is 0 Å². The van der Waals surface area contributed by atoms with Crippen LogP contribution in [0.3, 0.4) is 0 Å². The molecule has 10 nitrogen and oxygen atoms in total. The molecule has 0 atom stereocenters. The van der Waals surface area contributed by atoms with Gasteiger partial charge in [0.25, 0.3) is 0 Å². The molecular formula is C26H28N7O3+. The van der Waals surface area contributed by atoms with E-state index in [1.165, 1.54) is 0 Å². The lowest BCUT2D eigenvalue weighted by Crippen LogP contribution is -2.37. The Morgan fingerprint density at radius 2 is 2.00 bits per heavy atom. The van der Waals surface area contributed by atoms with Crippen LogP contribution in [0.1, 0.15) is 5.69 Å². The fourth-order valence-electron chi connectivity index (χ4n) is 4.42. The average Bonchev–Trinajstić information content (AvgIpc) is 3.58. The van der Waals surface area contributed by atoms with Crippen LogP contribution in [0.2, 0.25) is 0 Å². The number of benzene rings is 1. The SMILES string of the molecule is COCC[n+]1cc(-c2cnc(N3CCOCC3)c3nc(COc4ccc5ccccc5n4)cn23)c[nH]1. The number of imidazole rings is 1. The number of anilines is 1. The zero-order valence-corrected chi connectivity index (χ0v) is 20.1. The standard InChI is InChI=1S/C26H27N7O3/c1-34-11-10-32-16-20(14-28-32)23-15-27-25(31-8-12-35-13-9-31)26-29-21(17-33(23)26)18-36-24-7-6-19-4-2-3-5-22(19)30-24/h2-7,14-17H,8-13,18H2,1H3/p+1. The van der Waals surface area contributed by atoms with Crippen molar-refractivity contribution in [2.45, 2.75) is 13.2 Å². The van der Waals surface area contributed by atoms with E-state index in [1.807, 2.05) is 59.7 Å². The van der Waals surface area contributed by atoms with Crippen molar-refractivity contribution in [3.63, 3.8) is 0 Å². The third-order valence-corrected chi connectivity index (χ3v) is 6.29. The number of ether oxygens (including phenoxy) is 3. The minimum atomic E-state index is 0.302. The molecule has 5 aromatic rings. The van der Waals surface area contributed by atoms with Crippen molar-refractivity contribution in [3.8, 4) is 17.1 Å². The van der Waals surface area contributed by atoms with Gasteiger partial charge in [0.1, 0.15) is 13.2 Å². The molecule has 0 bridgehead atoms. The summed E-state index contributed by atoms with van der Waals surface area (Å²) in [5.41, 5.74) is 4.45. The zero-order chi connectivity index (χ0) is 24.3. The van der Waals surface area contributed by atoms with Crippen LogP contribution in [0.5, 0.6) is 5.88 Å². The van der Waals surface area contributed by atoms with Crippen molar-refractivity contribution >= 4 is 22.4 Å². The third-order valence-electron chi connectivity index (χ3n) is 6.29. The quantitative estimate of drug-likeness (QED) is 0.337. The molecular weight excluding hydrogens is 458 g/mol. The highest BCUT2D eigenvalue weighted by molar-refractivity contribution is 5.78. The normalized spacial score (nSPS) is 14.1. The van der Waals surface area contributed by atoms with E-state index >= 15 is 0 Å². The number of morpholine rings is 1. The summed E-state index contributed by atoms with van der Waals surface area (Å²) in [6.45, 7) is 4.58. The third kappa shape index (κ3) is 4.48. The van der Waals surface area contributed by atoms with Gasteiger partial charge in [-0.3, -0.25) is 4.40 Å². The molecule has 0 unspecified atom stereocenters. The van der Waals surface area contributed by atoms with Crippen LogP contribution in [0, 0.1) is 0 Å². The maximum Gasteiger partial charge on any atom is 0.214 e. The van der Waals surface area contributed by atoms with Gasteiger partial charge in [-0.15, -0.1) is 4.68 Å². The van der Waals surface area contributed by atoms with Crippen molar-refractivity contribution in [2.75, 3.05) is 44.9 Å². The molecule has 4 aromatic heterocycles. The number of rotatable bonds is 8. The Bertz CT molecular complexity index is 1490. The molecule has 1 aliphatic heterocycles. The van der Waals surface area contributed by atoms with Crippen LogP contribution in [0.25, 0.3) is 27.8 Å². The highest BCUT2D eigenvalue weighted by atomic mass is 16.5. The van der Waals surface area contributed by atoms with Crippen LogP contribution >= 0.6 is 0 Å². The second-order valence-corrected chi connectivity index (χ2v) is 8.67. The Morgan fingerprint density at radius 3 is 2.89 bits per heavy atom. The van der Waals surface area contributed by atoms with E-state index in [-0.39, 0.29) is 0 Å². The van der Waals surface area contributed by atoms with Crippen molar-refractivity contribution in [1.82, 2.24) is 24.5 Å². The smallest absolute Gasteiger partial charge is 0.214 e. The summed E-state index contributed by atoms with van der Waals surface area (Å²) in [5, 5.41) is 4.35. The van der Waals surface area contributed by atoms with Crippen LogP contribution in [0.4, 0.5) is 5.82 Å². The highest BCUT2D eigenvalue weighted by Gasteiger charge is 2.21. The van der Waals surface area contributed by atoms with E-state index < -0.39 is 0 Å². The first-order valence-corrected chi connectivity index (χ1v) is 12.0. The number of fused-ring (bicyclic) bond motifs is 2. The number of hydrogen-bond donors (Lipinski definition) is 1. The molecule has 0 spiro atoms. The summed E-state index contributed by atoms with van der Waals surface area (Å²) in [4.78, 5) is 16.6. The molecule has 10 heteroatoms. The summed E-state index contributed by atoms with van der Waals surface area (Å²) < 4.78 is 20.9. The summed E-state index contributed by atoms with van der Waals surface area (Å²) in [6.07, 6.45) is 7.94. The molecule has 36 heavy (non-hydrogen) atoms. The monoisotopic (exact) mass is 486 g/mol. The number of aromatic amines is 1. The number of para-hydroxylation sites is 1. The van der Waals surface area contributed by atoms with E-state index in [9.17, 15) is 0 Å². The van der Waals surface area contributed by atoms with E-state index in [2.05, 4.69) is 25.6 Å². The summed E-state index contributed by atoms with van der Waals surface area (Å²) in [5.74, 6) is 1.42. The van der Waals surface area contributed by atoms with Gasteiger partial charge in [-0.05, 0) is 12.1 Å². The Labute approximate surface area is 208 Å². The number of pyridine rings is 1. The molecule has 1 fully saturated rings. The van der Waals surface area contributed by atoms with Crippen LogP contribution < -0.4 is 14.3 Å². The number of nitrogens with zero attached hydrogens (tertiary/aromatic N) is 6. The molecule has 184 valence electrons. The van der Waals surface area contributed by atoms with Gasteiger partial charge in [0, 0.05) is 37.8 Å². The molecule has 1 aliphatic rings. The molecule has 5 heterocycles. The molecule has 1 aromatic carbocycles. The topological polar surface area (TPSA) is 93.7 Å². The van der Waals surface area contributed by atoms with E-state index in [1.54, 1.807) is 7.11 Å². The predicted octanol–water partition coefficient (Wildman–Crippen LogP) is 2.62. The average molecular weight is 487 g/mol. The number of nitrogens with one attached hydrogen (secondary N) is 1. The van der Waals surface area contributed by atoms with Gasteiger partial charge in [-0.25, -0.2) is 15.0 Å². The summed E-state index contributed by atoms with van der Waals surface area (Å²) in [7, 11) is 1.70. The van der Waals surface area contributed by atoms with Gasteiger partial charge in [0.15, 0.2) is 18.0 Å². The Kier molecular flexibility index (Phi) is 6.18. The van der Waals surface area contributed by atoms with E-state index in [0.29, 0.717) is 32.3 Å². The zero-order valence-electron chi connectivity index (χ0n) is 20.1. The van der Waals surface area contributed by atoms with Crippen molar-refractivity contribution in [1.29, 1.82) is 0 Å². The lowest BCUT2D eigenvalue weighted by Gasteiger charge is -2.28. The van der Waals surface area contributed by atoms with Gasteiger partial charge in [0.05, 0.1) is 48.1 Å². The lowest BCUT2D eigenvalue weighted by molar-refractivity contribution is -0.750. The maximum absolute atomic E-state index is 6.04. The van der Waals surface area contributed by atoms with Crippen molar-refractivity contribution in [2.24, 2.45) is 0 Å². The fraction of sp³-hybridized carbons (Fsp3) is 0.308.